The molecule has 0 unspecified atom stereocenters. The van der Waals surface area contributed by atoms with Crippen LogP contribution in [-0.2, 0) is 11.3 Å². The zero-order valence-electron chi connectivity index (χ0n) is 15.1. The van der Waals surface area contributed by atoms with Gasteiger partial charge in [-0.25, -0.2) is 0 Å². The van der Waals surface area contributed by atoms with Crippen molar-refractivity contribution in [1.82, 2.24) is 10.2 Å². The summed E-state index contributed by atoms with van der Waals surface area (Å²) in [4.78, 5) is 14.6. The summed E-state index contributed by atoms with van der Waals surface area (Å²) in [6.45, 7) is 4.98. The van der Waals surface area contributed by atoms with E-state index in [4.69, 9.17) is 11.6 Å². The molecule has 1 fully saturated rings. The molecule has 1 amide bonds. The number of halogens is 1. The second kappa shape index (κ2) is 9.02. The Bertz CT molecular complexity index is 762. The van der Waals surface area contributed by atoms with Crippen molar-refractivity contribution in [3.63, 3.8) is 0 Å². The molecule has 0 bridgehead atoms. The molecule has 136 valence electrons. The van der Waals surface area contributed by atoms with E-state index in [-0.39, 0.29) is 11.9 Å². The summed E-state index contributed by atoms with van der Waals surface area (Å²) in [6, 6.07) is 16.3. The molecule has 3 nitrogen and oxygen atoms in total. The van der Waals surface area contributed by atoms with E-state index in [2.05, 4.69) is 22.3 Å². The van der Waals surface area contributed by atoms with E-state index in [0.717, 1.165) is 43.1 Å². The largest absolute Gasteiger partial charge is 0.350 e. The van der Waals surface area contributed by atoms with Crippen LogP contribution in [0.2, 0.25) is 5.02 Å². The fourth-order valence-electron chi connectivity index (χ4n) is 3.27. The van der Waals surface area contributed by atoms with Gasteiger partial charge < -0.3 is 5.32 Å². The minimum absolute atomic E-state index is 0.00981. The second-order valence-electron chi connectivity index (χ2n) is 6.88. The Morgan fingerprint density at radius 3 is 2.54 bits per heavy atom. The van der Waals surface area contributed by atoms with Crippen molar-refractivity contribution in [3.05, 3.63) is 76.3 Å². The number of piperidine rings is 1. The lowest BCUT2D eigenvalue weighted by Crippen LogP contribution is -2.43. The number of amides is 1. The maximum Gasteiger partial charge on any atom is 0.244 e. The lowest BCUT2D eigenvalue weighted by Gasteiger charge is -2.32. The predicted molar refractivity (Wildman–Crippen MR) is 108 cm³/mol. The maximum absolute atomic E-state index is 12.2. The lowest BCUT2D eigenvalue weighted by molar-refractivity contribution is -0.117. The average Bonchev–Trinajstić information content (AvgIpc) is 2.64. The van der Waals surface area contributed by atoms with Gasteiger partial charge in [0.05, 0.1) is 0 Å². The highest BCUT2D eigenvalue weighted by Gasteiger charge is 2.20. The normalized spacial score (nSPS) is 16.1. The number of benzene rings is 2. The van der Waals surface area contributed by atoms with Gasteiger partial charge in [0.2, 0.25) is 5.91 Å². The molecule has 0 atom stereocenters. The number of hydrogen-bond acceptors (Lipinski definition) is 2. The van der Waals surface area contributed by atoms with Gasteiger partial charge in [-0.15, -0.1) is 0 Å². The molecule has 2 aromatic carbocycles. The van der Waals surface area contributed by atoms with E-state index in [9.17, 15) is 4.79 Å². The summed E-state index contributed by atoms with van der Waals surface area (Å²) in [5.74, 6) is -0.00981. The minimum Gasteiger partial charge on any atom is -0.350 e. The van der Waals surface area contributed by atoms with Crippen molar-refractivity contribution < 1.29 is 4.79 Å². The summed E-state index contributed by atoms with van der Waals surface area (Å²) >= 11 is 5.94. The fraction of sp³-hybridized carbons (Fsp3) is 0.318. The number of carbonyl (C=O) groups excluding carboxylic acids is 1. The van der Waals surface area contributed by atoms with Crippen LogP contribution in [0, 0.1) is 6.92 Å². The smallest absolute Gasteiger partial charge is 0.244 e. The molecule has 1 N–H and O–H groups in total. The second-order valence-corrected chi connectivity index (χ2v) is 7.31. The molecule has 1 saturated heterocycles. The maximum atomic E-state index is 12.2. The minimum atomic E-state index is -0.00981. The molecule has 1 heterocycles. The van der Waals surface area contributed by atoms with Crippen molar-refractivity contribution >= 4 is 23.6 Å². The molecular formula is C22H25ClN2O. The molecule has 1 aliphatic heterocycles. The molecule has 4 heteroatoms. The number of hydrogen-bond donors (Lipinski definition) is 1. The van der Waals surface area contributed by atoms with Crippen molar-refractivity contribution in [3.8, 4) is 0 Å². The van der Waals surface area contributed by atoms with Crippen LogP contribution in [0.3, 0.4) is 0 Å². The van der Waals surface area contributed by atoms with E-state index in [1.54, 1.807) is 6.08 Å². The summed E-state index contributed by atoms with van der Waals surface area (Å²) in [5, 5.41) is 3.90. The Hall–Kier alpha value is -2.10. The lowest BCUT2D eigenvalue weighted by atomic mass is 10.0. The van der Waals surface area contributed by atoms with Crippen LogP contribution in [-0.4, -0.2) is 29.9 Å². The van der Waals surface area contributed by atoms with Gasteiger partial charge in [-0.3, -0.25) is 9.69 Å². The zero-order valence-corrected chi connectivity index (χ0v) is 15.9. The molecule has 0 aliphatic carbocycles. The molecule has 0 spiro atoms. The van der Waals surface area contributed by atoms with Crippen LogP contribution < -0.4 is 5.32 Å². The number of aryl methyl sites for hydroxylation is 1. The van der Waals surface area contributed by atoms with Gasteiger partial charge in [-0.2, -0.15) is 0 Å². The van der Waals surface area contributed by atoms with E-state index in [1.807, 2.05) is 49.4 Å². The first-order valence-corrected chi connectivity index (χ1v) is 9.49. The van der Waals surface area contributed by atoms with Gasteiger partial charge in [-0.05, 0) is 54.7 Å². The average molecular weight is 369 g/mol. The van der Waals surface area contributed by atoms with Crippen LogP contribution in [0.1, 0.15) is 29.5 Å². The van der Waals surface area contributed by atoms with Gasteiger partial charge in [0, 0.05) is 36.8 Å². The Labute approximate surface area is 160 Å². The number of nitrogens with one attached hydrogen (secondary N) is 1. The zero-order chi connectivity index (χ0) is 18.4. The first kappa shape index (κ1) is 18.7. The monoisotopic (exact) mass is 368 g/mol. The fourth-order valence-corrected chi connectivity index (χ4v) is 3.40. The quantitative estimate of drug-likeness (QED) is 0.791. The molecule has 0 radical (unpaired) electrons. The highest BCUT2D eigenvalue weighted by atomic mass is 35.5. The first-order chi connectivity index (χ1) is 12.6. The van der Waals surface area contributed by atoms with Crippen molar-refractivity contribution in [2.45, 2.75) is 32.4 Å². The summed E-state index contributed by atoms with van der Waals surface area (Å²) < 4.78 is 0. The van der Waals surface area contributed by atoms with Gasteiger partial charge >= 0.3 is 0 Å². The van der Waals surface area contributed by atoms with Gasteiger partial charge in [0.15, 0.2) is 0 Å². The number of carbonyl (C=O) groups is 1. The van der Waals surface area contributed by atoms with E-state index in [0.29, 0.717) is 0 Å². The molecule has 2 aromatic rings. The van der Waals surface area contributed by atoms with Crippen LogP contribution in [0.25, 0.3) is 6.08 Å². The molecule has 0 saturated carbocycles. The Morgan fingerprint density at radius 1 is 1.15 bits per heavy atom. The molecule has 3 rings (SSSR count). The third kappa shape index (κ3) is 5.45. The van der Waals surface area contributed by atoms with Crippen LogP contribution >= 0.6 is 11.6 Å². The predicted octanol–water partition coefficient (Wildman–Crippen LogP) is 4.44. The van der Waals surface area contributed by atoms with Gasteiger partial charge in [-0.1, -0.05) is 48.0 Å². The van der Waals surface area contributed by atoms with Gasteiger partial charge in [0.1, 0.15) is 0 Å². The van der Waals surface area contributed by atoms with Crippen molar-refractivity contribution in [1.29, 1.82) is 0 Å². The Kier molecular flexibility index (Phi) is 6.48. The van der Waals surface area contributed by atoms with Crippen molar-refractivity contribution in [2.75, 3.05) is 13.1 Å². The van der Waals surface area contributed by atoms with E-state index in [1.165, 1.54) is 11.1 Å². The van der Waals surface area contributed by atoms with Crippen LogP contribution in [0.5, 0.6) is 0 Å². The van der Waals surface area contributed by atoms with E-state index < -0.39 is 0 Å². The van der Waals surface area contributed by atoms with E-state index >= 15 is 0 Å². The van der Waals surface area contributed by atoms with Gasteiger partial charge in [0.25, 0.3) is 0 Å². The standard InChI is InChI=1S/C22H25ClN2O/c1-17-4-2-3-5-19(17)8-11-22(26)24-21-12-14-25(15-13-21)16-18-6-9-20(23)10-7-18/h2-11,21H,12-16H2,1H3,(H,24,26)/b11-8+. The summed E-state index contributed by atoms with van der Waals surface area (Å²) in [5.41, 5.74) is 3.53. The third-order valence-corrected chi connectivity index (χ3v) is 5.11. The number of likely N-dealkylation sites (tertiary alicyclic amines) is 1. The molecule has 1 aliphatic rings. The van der Waals surface area contributed by atoms with Crippen LogP contribution in [0.4, 0.5) is 0 Å². The highest BCUT2D eigenvalue weighted by Crippen LogP contribution is 2.16. The Morgan fingerprint density at radius 2 is 1.85 bits per heavy atom. The Balaban J connectivity index is 1.44. The first-order valence-electron chi connectivity index (χ1n) is 9.11. The van der Waals surface area contributed by atoms with Crippen molar-refractivity contribution in [2.24, 2.45) is 0 Å². The highest BCUT2D eigenvalue weighted by molar-refractivity contribution is 6.30. The third-order valence-electron chi connectivity index (χ3n) is 4.86. The number of rotatable bonds is 5. The molecule has 26 heavy (non-hydrogen) atoms. The SMILES string of the molecule is Cc1ccccc1/C=C/C(=O)NC1CCN(Cc2ccc(Cl)cc2)CC1. The summed E-state index contributed by atoms with van der Waals surface area (Å²) in [7, 11) is 0. The summed E-state index contributed by atoms with van der Waals surface area (Å²) in [6.07, 6.45) is 5.50. The van der Waals surface area contributed by atoms with Crippen LogP contribution in [0.15, 0.2) is 54.6 Å². The topological polar surface area (TPSA) is 32.3 Å². The number of nitrogens with zero attached hydrogens (tertiary/aromatic N) is 1. The molecule has 0 aromatic heterocycles. The molecular weight excluding hydrogens is 344 g/mol.